The van der Waals surface area contributed by atoms with Gasteiger partial charge in [0, 0.05) is 13.6 Å². The Balaban J connectivity index is 2.09. The molecule has 208 valence electrons. The molecule has 3 aromatic rings. The van der Waals surface area contributed by atoms with Gasteiger partial charge >= 0.3 is 0 Å². The third-order valence-electron chi connectivity index (χ3n) is 6.21. The normalized spacial score (nSPS) is 11.9. The number of methoxy groups -OCH3 is 1. The zero-order valence-corrected chi connectivity index (χ0v) is 23.7. The first kappa shape index (κ1) is 29.9. The number of hydrogen-bond donors (Lipinski definition) is 1. The SMILES string of the molecule is CC[C@H](C(=O)NC)N(Cc1ccc(F)cc1)C(=O)CN(c1ccc(OC)c(Cl)c1)S(=O)(=O)c1ccc(C)cc1. The van der Waals surface area contributed by atoms with Gasteiger partial charge in [0.05, 0.1) is 22.7 Å². The Morgan fingerprint density at radius 1 is 1.05 bits per heavy atom. The van der Waals surface area contributed by atoms with Crippen LogP contribution in [0.5, 0.6) is 5.75 Å². The third-order valence-corrected chi connectivity index (χ3v) is 8.29. The molecule has 0 radical (unpaired) electrons. The molecule has 0 unspecified atom stereocenters. The van der Waals surface area contributed by atoms with E-state index in [1.165, 1.54) is 73.7 Å². The predicted molar refractivity (Wildman–Crippen MR) is 149 cm³/mol. The van der Waals surface area contributed by atoms with Crippen LogP contribution >= 0.6 is 11.6 Å². The van der Waals surface area contributed by atoms with Crippen LogP contribution in [0.4, 0.5) is 10.1 Å². The van der Waals surface area contributed by atoms with Crippen molar-refractivity contribution in [3.63, 3.8) is 0 Å². The summed E-state index contributed by atoms with van der Waals surface area (Å²) in [5.74, 6) is -1.14. The van der Waals surface area contributed by atoms with Gasteiger partial charge in [0.1, 0.15) is 24.2 Å². The van der Waals surface area contributed by atoms with Crippen LogP contribution in [0.1, 0.15) is 24.5 Å². The maximum atomic E-state index is 13.9. The minimum Gasteiger partial charge on any atom is -0.495 e. The lowest BCUT2D eigenvalue weighted by Gasteiger charge is -2.33. The van der Waals surface area contributed by atoms with Crippen LogP contribution in [0.2, 0.25) is 5.02 Å². The molecule has 0 saturated carbocycles. The summed E-state index contributed by atoms with van der Waals surface area (Å²) >= 11 is 6.32. The predicted octanol–water partition coefficient (Wildman–Crippen LogP) is 4.54. The molecule has 11 heteroatoms. The van der Waals surface area contributed by atoms with Crippen molar-refractivity contribution < 1.29 is 27.1 Å². The Kier molecular flexibility index (Phi) is 9.93. The molecular formula is C28H31ClFN3O5S. The highest BCUT2D eigenvalue weighted by Gasteiger charge is 2.33. The summed E-state index contributed by atoms with van der Waals surface area (Å²) in [6.45, 7) is 2.92. The van der Waals surface area contributed by atoms with Crippen molar-refractivity contribution in [3.8, 4) is 5.75 Å². The van der Waals surface area contributed by atoms with Gasteiger partial charge in [-0.15, -0.1) is 0 Å². The molecule has 1 atom stereocenters. The standard InChI is InChI=1S/C28H31ClFN3O5S/c1-5-25(28(35)31-3)32(17-20-8-10-21(30)11-9-20)27(34)18-33(22-12-15-26(38-4)24(29)16-22)39(36,37)23-13-6-19(2)7-14-23/h6-16,25H,5,17-18H2,1-4H3,(H,31,35)/t25-/m1/s1. The number of carbonyl (C=O) groups is 2. The van der Waals surface area contributed by atoms with E-state index in [1.807, 2.05) is 6.92 Å². The fourth-order valence-corrected chi connectivity index (χ4v) is 5.71. The number of ether oxygens (including phenoxy) is 1. The van der Waals surface area contributed by atoms with E-state index < -0.39 is 40.2 Å². The fourth-order valence-electron chi connectivity index (χ4n) is 4.05. The molecule has 3 rings (SSSR count). The zero-order chi connectivity index (χ0) is 28.7. The van der Waals surface area contributed by atoms with E-state index in [4.69, 9.17) is 16.3 Å². The van der Waals surface area contributed by atoms with Crippen LogP contribution in [-0.2, 0) is 26.2 Å². The summed E-state index contributed by atoms with van der Waals surface area (Å²) in [6.07, 6.45) is 0.270. The van der Waals surface area contributed by atoms with Crippen molar-refractivity contribution in [2.24, 2.45) is 0 Å². The second kappa shape index (κ2) is 12.9. The molecule has 3 aromatic carbocycles. The Labute approximate surface area is 233 Å². The van der Waals surface area contributed by atoms with E-state index >= 15 is 0 Å². The Bertz CT molecular complexity index is 1420. The number of carbonyl (C=O) groups excluding carboxylic acids is 2. The first-order chi connectivity index (χ1) is 18.5. The molecule has 0 aliphatic carbocycles. The maximum absolute atomic E-state index is 13.9. The van der Waals surface area contributed by atoms with Crippen molar-refractivity contribution >= 4 is 39.1 Å². The number of halogens is 2. The zero-order valence-electron chi connectivity index (χ0n) is 22.1. The molecule has 39 heavy (non-hydrogen) atoms. The van der Waals surface area contributed by atoms with Crippen molar-refractivity contribution in [1.82, 2.24) is 10.2 Å². The molecule has 0 aliphatic rings. The van der Waals surface area contributed by atoms with Gasteiger partial charge in [-0.2, -0.15) is 0 Å². The molecular weight excluding hydrogens is 545 g/mol. The van der Waals surface area contributed by atoms with Crippen LogP contribution in [0.25, 0.3) is 0 Å². The van der Waals surface area contributed by atoms with Crippen molar-refractivity contribution in [1.29, 1.82) is 0 Å². The number of sulfonamides is 1. The molecule has 0 fully saturated rings. The van der Waals surface area contributed by atoms with E-state index in [2.05, 4.69) is 5.32 Å². The second-order valence-electron chi connectivity index (χ2n) is 8.83. The average Bonchev–Trinajstić information content (AvgIpc) is 2.92. The van der Waals surface area contributed by atoms with Gasteiger partial charge in [0.15, 0.2) is 0 Å². The summed E-state index contributed by atoms with van der Waals surface area (Å²) in [7, 11) is -1.35. The third kappa shape index (κ3) is 7.07. The average molecular weight is 576 g/mol. The quantitative estimate of drug-likeness (QED) is 0.362. The Hall–Kier alpha value is -3.63. The van der Waals surface area contributed by atoms with E-state index in [0.29, 0.717) is 11.3 Å². The molecule has 0 saturated heterocycles. The number of anilines is 1. The van der Waals surface area contributed by atoms with Crippen LogP contribution in [-0.4, -0.2) is 51.9 Å². The van der Waals surface area contributed by atoms with Gasteiger partial charge in [-0.3, -0.25) is 13.9 Å². The van der Waals surface area contributed by atoms with E-state index in [1.54, 1.807) is 19.1 Å². The van der Waals surface area contributed by atoms with Gasteiger partial charge in [-0.25, -0.2) is 12.8 Å². The van der Waals surface area contributed by atoms with Crippen LogP contribution < -0.4 is 14.4 Å². The van der Waals surface area contributed by atoms with Gasteiger partial charge < -0.3 is 15.0 Å². The van der Waals surface area contributed by atoms with Crippen LogP contribution in [0.15, 0.2) is 71.6 Å². The largest absolute Gasteiger partial charge is 0.495 e. The number of likely N-dealkylation sites (N-methyl/N-ethyl adjacent to an activating group) is 1. The number of nitrogens with one attached hydrogen (secondary N) is 1. The van der Waals surface area contributed by atoms with Gasteiger partial charge in [-0.1, -0.05) is 48.4 Å². The van der Waals surface area contributed by atoms with Crippen molar-refractivity contribution in [2.45, 2.75) is 37.8 Å². The first-order valence-corrected chi connectivity index (χ1v) is 14.0. The van der Waals surface area contributed by atoms with Gasteiger partial charge in [0.2, 0.25) is 11.8 Å². The highest BCUT2D eigenvalue weighted by Crippen LogP contribution is 2.32. The highest BCUT2D eigenvalue weighted by atomic mass is 35.5. The molecule has 0 spiro atoms. The Morgan fingerprint density at radius 2 is 1.69 bits per heavy atom. The number of nitrogens with zero attached hydrogens (tertiary/aromatic N) is 2. The molecule has 0 bridgehead atoms. The van der Waals surface area contributed by atoms with E-state index in [0.717, 1.165) is 9.87 Å². The second-order valence-corrected chi connectivity index (χ2v) is 11.1. The molecule has 8 nitrogen and oxygen atoms in total. The summed E-state index contributed by atoms with van der Waals surface area (Å²) in [5.41, 5.74) is 1.59. The highest BCUT2D eigenvalue weighted by molar-refractivity contribution is 7.92. The van der Waals surface area contributed by atoms with Gasteiger partial charge in [-0.05, 0) is 61.4 Å². The number of hydrogen-bond acceptors (Lipinski definition) is 5. The molecule has 0 aromatic heterocycles. The summed E-state index contributed by atoms with van der Waals surface area (Å²) in [6, 6.07) is 15.3. The van der Waals surface area contributed by atoms with Crippen molar-refractivity contribution in [3.05, 3.63) is 88.7 Å². The number of benzene rings is 3. The minimum absolute atomic E-state index is 0.0173. The summed E-state index contributed by atoms with van der Waals surface area (Å²) in [5, 5.41) is 2.72. The fraction of sp³-hybridized carbons (Fsp3) is 0.286. The van der Waals surface area contributed by atoms with Crippen LogP contribution in [0.3, 0.4) is 0 Å². The maximum Gasteiger partial charge on any atom is 0.264 e. The molecule has 0 heterocycles. The smallest absolute Gasteiger partial charge is 0.264 e. The lowest BCUT2D eigenvalue weighted by Crippen LogP contribution is -2.51. The number of rotatable bonds is 11. The summed E-state index contributed by atoms with van der Waals surface area (Å²) in [4.78, 5) is 27.9. The Morgan fingerprint density at radius 3 is 2.23 bits per heavy atom. The monoisotopic (exact) mass is 575 g/mol. The summed E-state index contributed by atoms with van der Waals surface area (Å²) < 4.78 is 47.4. The van der Waals surface area contributed by atoms with E-state index in [-0.39, 0.29) is 28.6 Å². The topological polar surface area (TPSA) is 96.0 Å². The lowest BCUT2D eigenvalue weighted by atomic mass is 10.1. The molecule has 2 amide bonds. The molecule has 1 N–H and O–H groups in total. The molecule has 0 aliphatic heterocycles. The number of amides is 2. The van der Waals surface area contributed by atoms with Gasteiger partial charge in [0.25, 0.3) is 10.0 Å². The van der Waals surface area contributed by atoms with E-state index in [9.17, 15) is 22.4 Å². The van der Waals surface area contributed by atoms with Crippen molar-refractivity contribution in [2.75, 3.05) is 25.0 Å². The minimum atomic E-state index is -4.24. The first-order valence-electron chi connectivity index (χ1n) is 12.2. The van der Waals surface area contributed by atoms with Crippen LogP contribution in [0, 0.1) is 12.7 Å². The lowest BCUT2D eigenvalue weighted by molar-refractivity contribution is -0.140. The number of aryl methyl sites for hydroxylation is 1.